The third kappa shape index (κ3) is 3.10. The van der Waals surface area contributed by atoms with Gasteiger partial charge in [-0.15, -0.1) is 0 Å². The van der Waals surface area contributed by atoms with Gasteiger partial charge < -0.3 is 14.8 Å². The molecule has 0 radical (unpaired) electrons. The van der Waals surface area contributed by atoms with Crippen LogP contribution in [0.25, 0.3) is 10.9 Å². The van der Waals surface area contributed by atoms with Crippen molar-refractivity contribution in [2.75, 3.05) is 19.5 Å². The first-order valence-electron chi connectivity index (χ1n) is 7.66. The van der Waals surface area contributed by atoms with E-state index in [-0.39, 0.29) is 0 Å². The van der Waals surface area contributed by atoms with Crippen LogP contribution in [-0.4, -0.2) is 19.1 Å². The van der Waals surface area contributed by atoms with E-state index >= 15 is 0 Å². The molecule has 24 heavy (non-hydrogen) atoms. The van der Waals surface area contributed by atoms with Gasteiger partial charge in [-0.25, -0.2) is 4.98 Å². The van der Waals surface area contributed by atoms with Gasteiger partial charge in [-0.05, 0) is 31.2 Å². The molecule has 3 aromatic rings. The zero-order valence-corrected chi connectivity index (χ0v) is 14.6. The van der Waals surface area contributed by atoms with Crippen LogP contribution in [0.15, 0.2) is 42.5 Å². The lowest BCUT2D eigenvalue weighted by Gasteiger charge is -2.15. The van der Waals surface area contributed by atoms with Gasteiger partial charge in [0.15, 0.2) is 0 Å². The summed E-state index contributed by atoms with van der Waals surface area (Å²) >= 11 is 6.46. The Morgan fingerprint density at radius 1 is 1.08 bits per heavy atom. The lowest BCUT2D eigenvalue weighted by atomic mass is 10.1. The van der Waals surface area contributed by atoms with E-state index in [0.717, 1.165) is 33.6 Å². The third-order valence-corrected chi connectivity index (χ3v) is 4.32. The molecule has 0 saturated carbocycles. The fourth-order valence-corrected chi connectivity index (χ4v) is 2.91. The summed E-state index contributed by atoms with van der Waals surface area (Å²) in [5, 5.41) is 4.71. The Morgan fingerprint density at radius 3 is 2.67 bits per heavy atom. The number of benzene rings is 2. The van der Waals surface area contributed by atoms with Crippen LogP contribution in [0.4, 0.5) is 5.69 Å². The lowest BCUT2D eigenvalue weighted by Crippen LogP contribution is -2.03. The summed E-state index contributed by atoms with van der Waals surface area (Å²) in [5.74, 6) is 1.42. The highest BCUT2D eigenvalue weighted by atomic mass is 35.5. The molecule has 1 heterocycles. The standard InChI is InChI=1S/C19H19ClN2O2/c1-12-7-8-13-5-4-6-17(19(13)22-12)24-11-14-16(23-3)10-9-15(21-2)18(14)20/h4-10,21H,11H2,1-3H3. The maximum Gasteiger partial charge on any atom is 0.146 e. The topological polar surface area (TPSA) is 43.4 Å². The van der Waals surface area contributed by atoms with Crippen LogP contribution >= 0.6 is 11.6 Å². The van der Waals surface area contributed by atoms with Crippen LogP contribution in [0.3, 0.4) is 0 Å². The normalized spacial score (nSPS) is 10.7. The van der Waals surface area contributed by atoms with E-state index in [9.17, 15) is 0 Å². The summed E-state index contributed by atoms with van der Waals surface area (Å²) in [6.07, 6.45) is 0. The van der Waals surface area contributed by atoms with E-state index in [1.165, 1.54) is 0 Å². The molecular formula is C19H19ClN2O2. The molecule has 124 valence electrons. The average molecular weight is 343 g/mol. The highest BCUT2D eigenvalue weighted by Gasteiger charge is 2.14. The van der Waals surface area contributed by atoms with Crippen molar-refractivity contribution in [2.24, 2.45) is 0 Å². The van der Waals surface area contributed by atoms with Crippen molar-refractivity contribution in [1.29, 1.82) is 0 Å². The van der Waals surface area contributed by atoms with E-state index in [1.54, 1.807) is 7.11 Å². The van der Waals surface area contributed by atoms with Crippen molar-refractivity contribution in [3.63, 3.8) is 0 Å². The predicted octanol–water partition coefficient (Wildman–Crippen LogP) is 4.83. The van der Waals surface area contributed by atoms with Crippen LogP contribution < -0.4 is 14.8 Å². The number of ether oxygens (including phenoxy) is 2. The molecular weight excluding hydrogens is 324 g/mol. The Kier molecular flexibility index (Phi) is 4.76. The fraction of sp³-hybridized carbons (Fsp3) is 0.211. The van der Waals surface area contributed by atoms with Gasteiger partial charge in [0.25, 0.3) is 0 Å². The molecule has 2 aromatic carbocycles. The van der Waals surface area contributed by atoms with Gasteiger partial charge in [-0.1, -0.05) is 29.8 Å². The second kappa shape index (κ2) is 6.97. The number of aromatic nitrogens is 1. The first-order chi connectivity index (χ1) is 11.6. The first-order valence-corrected chi connectivity index (χ1v) is 8.04. The number of halogens is 1. The number of aryl methyl sites for hydroxylation is 1. The maximum atomic E-state index is 6.46. The molecule has 0 spiro atoms. The molecule has 0 aliphatic rings. The Hall–Kier alpha value is -2.46. The van der Waals surface area contributed by atoms with Gasteiger partial charge in [0, 0.05) is 18.1 Å². The molecule has 0 unspecified atom stereocenters. The zero-order valence-electron chi connectivity index (χ0n) is 13.9. The largest absolute Gasteiger partial charge is 0.496 e. The van der Waals surface area contributed by atoms with Crippen LogP contribution in [0, 0.1) is 6.92 Å². The van der Waals surface area contributed by atoms with Crippen molar-refractivity contribution in [3.8, 4) is 11.5 Å². The second-order valence-corrected chi connectivity index (χ2v) is 5.81. The monoisotopic (exact) mass is 342 g/mol. The maximum absolute atomic E-state index is 6.46. The van der Waals surface area contributed by atoms with Crippen molar-refractivity contribution < 1.29 is 9.47 Å². The number of anilines is 1. The summed E-state index contributed by atoms with van der Waals surface area (Å²) < 4.78 is 11.4. The Morgan fingerprint density at radius 2 is 1.92 bits per heavy atom. The number of fused-ring (bicyclic) bond motifs is 1. The molecule has 0 bridgehead atoms. The van der Waals surface area contributed by atoms with Crippen molar-refractivity contribution in [2.45, 2.75) is 13.5 Å². The molecule has 0 amide bonds. The number of rotatable bonds is 5. The van der Waals surface area contributed by atoms with Crippen LogP contribution in [0.5, 0.6) is 11.5 Å². The Bertz CT molecular complexity index is 881. The highest BCUT2D eigenvalue weighted by molar-refractivity contribution is 6.34. The summed E-state index contributed by atoms with van der Waals surface area (Å²) in [7, 11) is 3.45. The van der Waals surface area contributed by atoms with Gasteiger partial charge in [-0.3, -0.25) is 0 Å². The minimum atomic E-state index is 0.298. The quantitative estimate of drug-likeness (QED) is 0.721. The van der Waals surface area contributed by atoms with E-state index in [4.69, 9.17) is 21.1 Å². The molecule has 0 aliphatic carbocycles. The number of hydrogen-bond acceptors (Lipinski definition) is 4. The lowest BCUT2D eigenvalue weighted by molar-refractivity contribution is 0.299. The SMILES string of the molecule is CNc1ccc(OC)c(COc2cccc3ccc(C)nc23)c1Cl. The van der Waals surface area contributed by atoms with Crippen LogP contribution in [0.2, 0.25) is 5.02 Å². The number of nitrogens with one attached hydrogen (secondary N) is 1. The number of methoxy groups -OCH3 is 1. The molecule has 0 fully saturated rings. The van der Waals surface area contributed by atoms with Crippen molar-refractivity contribution >= 4 is 28.2 Å². The highest BCUT2D eigenvalue weighted by Crippen LogP contribution is 2.34. The molecule has 1 aromatic heterocycles. The average Bonchev–Trinajstić information content (AvgIpc) is 2.60. The summed E-state index contributed by atoms with van der Waals surface area (Å²) in [6.45, 7) is 2.26. The fourth-order valence-electron chi connectivity index (χ4n) is 2.61. The number of nitrogens with zero attached hydrogens (tertiary/aromatic N) is 1. The zero-order chi connectivity index (χ0) is 17.1. The first kappa shape index (κ1) is 16.4. The Labute approximate surface area is 146 Å². The summed E-state index contributed by atoms with van der Waals surface area (Å²) in [6, 6.07) is 13.7. The molecule has 1 N–H and O–H groups in total. The molecule has 0 saturated heterocycles. The Balaban J connectivity index is 1.96. The van der Waals surface area contributed by atoms with Crippen LogP contribution in [-0.2, 0) is 6.61 Å². The summed E-state index contributed by atoms with van der Waals surface area (Å²) in [5.41, 5.74) is 3.43. The molecule has 3 rings (SSSR count). The molecule has 0 atom stereocenters. The van der Waals surface area contributed by atoms with Gasteiger partial charge in [0.1, 0.15) is 23.6 Å². The van der Waals surface area contributed by atoms with E-state index in [2.05, 4.69) is 10.3 Å². The minimum absolute atomic E-state index is 0.298. The summed E-state index contributed by atoms with van der Waals surface area (Å²) in [4.78, 5) is 4.59. The van der Waals surface area contributed by atoms with Crippen molar-refractivity contribution in [3.05, 3.63) is 58.7 Å². The predicted molar refractivity (Wildman–Crippen MR) is 98.4 cm³/mol. The minimum Gasteiger partial charge on any atom is -0.496 e. The second-order valence-electron chi connectivity index (χ2n) is 5.43. The van der Waals surface area contributed by atoms with Gasteiger partial charge >= 0.3 is 0 Å². The molecule has 4 nitrogen and oxygen atoms in total. The van der Waals surface area contributed by atoms with Gasteiger partial charge in [0.2, 0.25) is 0 Å². The molecule has 0 aliphatic heterocycles. The third-order valence-electron chi connectivity index (χ3n) is 3.88. The van der Waals surface area contributed by atoms with Gasteiger partial charge in [0.05, 0.1) is 23.4 Å². The van der Waals surface area contributed by atoms with E-state index in [0.29, 0.717) is 17.4 Å². The van der Waals surface area contributed by atoms with E-state index < -0.39 is 0 Å². The van der Waals surface area contributed by atoms with Crippen LogP contribution in [0.1, 0.15) is 11.3 Å². The van der Waals surface area contributed by atoms with E-state index in [1.807, 2.05) is 56.4 Å². The van der Waals surface area contributed by atoms with Crippen molar-refractivity contribution in [1.82, 2.24) is 4.98 Å². The number of hydrogen-bond donors (Lipinski definition) is 1. The number of pyridine rings is 1. The number of para-hydroxylation sites is 1. The molecule has 5 heteroatoms. The smallest absolute Gasteiger partial charge is 0.146 e. The van der Waals surface area contributed by atoms with Gasteiger partial charge in [-0.2, -0.15) is 0 Å².